The fraction of sp³-hybridized carbons (Fsp3) is 0.617. The molecule has 53 heavy (non-hydrogen) atoms. The van der Waals surface area contributed by atoms with Gasteiger partial charge in [0.25, 0.3) is 0 Å². The minimum Gasteiger partial charge on any atom is -0.478 e. The van der Waals surface area contributed by atoms with Crippen molar-refractivity contribution < 1.29 is 19.8 Å². The summed E-state index contributed by atoms with van der Waals surface area (Å²) in [5, 5.41) is 18.8. The fourth-order valence-corrected chi connectivity index (χ4v) is 12.5. The first-order chi connectivity index (χ1) is 25.5. The van der Waals surface area contributed by atoms with E-state index in [-0.39, 0.29) is 22.9 Å². The number of hydrogen-bond donors (Lipinski definition) is 2. The van der Waals surface area contributed by atoms with Gasteiger partial charge >= 0.3 is 5.97 Å². The normalized spacial score (nSPS) is 33.4. The van der Waals surface area contributed by atoms with Crippen LogP contribution in [0.25, 0.3) is 5.57 Å². The molecule has 8 atom stereocenters. The summed E-state index contributed by atoms with van der Waals surface area (Å²) in [6.07, 6.45) is 40.5. The molecular weight excluding hydrogens is 657 g/mol. The Kier molecular flexibility index (Phi) is 15.7. The smallest absolute Gasteiger partial charge is 0.335 e. The van der Waals surface area contributed by atoms with Crippen molar-refractivity contribution >= 4 is 17.4 Å². The summed E-state index contributed by atoms with van der Waals surface area (Å²) in [6.45, 7) is 17.1. The maximum absolute atomic E-state index is 14.3. The number of carbonyl (C=O) groups excluding carboxylic acids is 1. The van der Waals surface area contributed by atoms with Crippen LogP contribution < -0.4 is 0 Å². The highest BCUT2D eigenvalue weighted by Crippen LogP contribution is 2.69. The molecule has 1 saturated heterocycles. The Labute approximate surface area is 321 Å². The summed E-state index contributed by atoms with van der Waals surface area (Å²) in [5.41, 5.74) is 3.14. The second-order valence-electron chi connectivity index (χ2n) is 16.7. The fourth-order valence-electron chi connectivity index (χ4n) is 12.5. The summed E-state index contributed by atoms with van der Waals surface area (Å²) >= 11 is 0. The van der Waals surface area contributed by atoms with Crippen molar-refractivity contribution in [3.05, 3.63) is 54.1 Å². The number of aliphatic hydroxyl groups excluding tert-OH is 1. The van der Waals surface area contributed by atoms with Crippen molar-refractivity contribution in [1.29, 1.82) is 0 Å². The van der Waals surface area contributed by atoms with Crippen molar-refractivity contribution in [1.82, 2.24) is 9.80 Å². The Hall–Kier alpha value is -3.76. The number of aliphatic hydroxyl groups is 1. The Bertz CT molecular complexity index is 1460. The number of hydrogen-bond acceptors (Lipinski definition) is 4. The molecule has 0 spiro atoms. The molecule has 5 fully saturated rings. The molecule has 2 N–H and O–H groups in total. The minimum absolute atomic E-state index is 0.0420. The van der Waals surface area contributed by atoms with Crippen molar-refractivity contribution in [3.63, 3.8) is 0 Å². The van der Waals surface area contributed by atoms with Gasteiger partial charge in [0.2, 0.25) is 5.91 Å². The standard InChI is InChI=1S/C38H54N2O4.C3H6.3C2H2/c1-36(2)30(25-6-8-26(9-7-25)34(42)43)15-17-37(3)31-12-10-29-27(28(31)11-13-33(36)37)14-18-38(16-4-5-32(29)38)35(44)40-21-19-39(20-22-40)23-24-41;1-3-2;3*1-2/h6-9,15,27-29,31-33,41H,4-5,10-14,16-24H2,1-3H3,(H,42,43);3H,1H2,2H3;3*1-2H/t27?,28?,29?,31?,32?,33?,37-,38+;;;;/m1..../s1. The quantitative estimate of drug-likeness (QED) is 0.235. The highest BCUT2D eigenvalue weighted by atomic mass is 16.4. The van der Waals surface area contributed by atoms with E-state index in [9.17, 15) is 19.8 Å². The van der Waals surface area contributed by atoms with Gasteiger partial charge in [-0.2, -0.15) is 0 Å². The van der Waals surface area contributed by atoms with Crippen LogP contribution in [0, 0.1) is 90.3 Å². The van der Waals surface area contributed by atoms with Gasteiger partial charge in [-0.3, -0.25) is 9.69 Å². The molecule has 6 heteroatoms. The van der Waals surface area contributed by atoms with Crippen LogP contribution in [0.3, 0.4) is 0 Å². The second-order valence-corrected chi connectivity index (χ2v) is 16.7. The number of benzene rings is 1. The molecule has 1 amide bonds. The van der Waals surface area contributed by atoms with Gasteiger partial charge in [-0.1, -0.05) is 51.5 Å². The third-order valence-electron chi connectivity index (χ3n) is 14.4. The molecule has 1 aromatic carbocycles. The number of fused-ring (bicyclic) bond motifs is 7. The van der Waals surface area contributed by atoms with E-state index in [4.69, 9.17) is 0 Å². The zero-order chi connectivity index (χ0) is 39.6. The molecule has 288 valence electrons. The number of β-amino-alcohol motifs (C(OH)–C–C–N with tert-alkyl or cyclic N) is 1. The van der Waals surface area contributed by atoms with Gasteiger partial charge in [-0.25, -0.2) is 4.79 Å². The van der Waals surface area contributed by atoms with Crippen molar-refractivity contribution in [2.75, 3.05) is 39.3 Å². The lowest BCUT2D eigenvalue weighted by atomic mass is 9.40. The van der Waals surface area contributed by atoms with Gasteiger partial charge in [-0.05, 0) is 134 Å². The molecule has 0 radical (unpaired) electrons. The zero-order valence-corrected chi connectivity index (χ0v) is 33.0. The summed E-state index contributed by atoms with van der Waals surface area (Å²) in [7, 11) is 0. The molecule has 6 aliphatic rings. The molecule has 7 rings (SSSR count). The summed E-state index contributed by atoms with van der Waals surface area (Å²) < 4.78 is 0. The number of amides is 1. The molecule has 1 heterocycles. The van der Waals surface area contributed by atoms with Crippen LogP contribution >= 0.6 is 0 Å². The van der Waals surface area contributed by atoms with Crippen molar-refractivity contribution in [2.24, 2.45) is 51.8 Å². The van der Waals surface area contributed by atoms with Gasteiger partial charge in [0.05, 0.1) is 17.6 Å². The number of carbonyl (C=O) groups is 2. The lowest BCUT2D eigenvalue weighted by molar-refractivity contribution is -0.162. The van der Waals surface area contributed by atoms with E-state index in [0.29, 0.717) is 29.2 Å². The molecule has 1 aromatic rings. The maximum atomic E-state index is 14.3. The van der Waals surface area contributed by atoms with E-state index in [0.717, 1.165) is 69.7 Å². The molecule has 1 aliphatic heterocycles. The Balaban J connectivity index is 0.000000777. The number of aromatic carboxylic acids is 1. The number of terminal acetylenes is 3. The lowest BCUT2D eigenvalue weighted by Gasteiger charge is -2.64. The third kappa shape index (κ3) is 8.19. The first-order valence-corrected chi connectivity index (χ1v) is 19.8. The van der Waals surface area contributed by atoms with Crippen LogP contribution in [0.15, 0.2) is 43.0 Å². The Morgan fingerprint density at radius 1 is 0.830 bits per heavy atom. The molecule has 0 aromatic heterocycles. The SMILES string of the molecule is C#C.C#C.C#C.C=CC.CC1(C)C(c2ccc(C(=O)O)cc2)=CC[C@]2(C)C3CCC4C(CC[C@@]5(C(=O)N6CCN(CCO)CC6)CCCC45)C3CCC12. The van der Waals surface area contributed by atoms with Crippen LogP contribution in [0.1, 0.15) is 108 Å². The van der Waals surface area contributed by atoms with Crippen molar-refractivity contribution in [2.45, 2.75) is 91.9 Å². The average Bonchev–Trinajstić information content (AvgIpc) is 3.63. The van der Waals surface area contributed by atoms with Crippen LogP contribution in [-0.4, -0.2) is 71.2 Å². The predicted octanol–water partition coefficient (Wildman–Crippen LogP) is 8.53. The molecule has 5 aliphatic carbocycles. The Morgan fingerprint density at radius 2 is 1.42 bits per heavy atom. The first kappa shape index (κ1) is 43.6. The van der Waals surface area contributed by atoms with Crippen LogP contribution in [0.4, 0.5) is 0 Å². The van der Waals surface area contributed by atoms with Gasteiger partial charge in [0.15, 0.2) is 0 Å². The van der Waals surface area contributed by atoms with Crippen LogP contribution in [0.5, 0.6) is 0 Å². The topological polar surface area (TPSA) is 81.1 Å². The van der Waals surface area contributed by atoms with Gasteiger partial charge in [0.1, 0.15) is 0 Å². The van der Waals surface area contributed by atoms with Gasteiger partial charge < -0.3 is 15.1 Å². The average molecular weight is 723 g/mol. The largest absolute Gasteiger partial charge is 0.478 e. The zero-order valence-electron chi connectivity index (χ0n) is 33.0. The number of rotatable bonds is 5. The van der Waals surface area contributed by atoms with Gasteiger partial charge in [-0.15, -0.1) is 45.1 Å². The molecule has 4 saturated carbocycles. The Morgan fingerprint density at radius 3 is 2.00 bits per heavy atom. The maximum Gasteiger partial charge on any atom is 0.335 e. The molecule has 6 nitrogen and oxygen atoms in total. The van der Waals surface area contributed by atoms with Gasteiger partial charge in [0, 0.05) is 32.7 Å². The monoisotopic (exact) mass is 723 g/mol. The third-order valence-corrected chi connectivity index (χ3v) is 14.4. The predicted molar refractivity (Wildman–Crippen MR) is 218 cm³/mol. The number of piperazine rings is 1. The highest BCUT2D eigenvalue weighted by molar-refractivity contribution is 5.88. The summed E-state index contributed by atoms with van der Waals surface area (Å²) in [6, 6.07) is 7.55. The summed E-state index contributed by atoms with van der Waals surface area (Å²) in [5.74, 6) is 3.81. The van der Waals surface area contributed by atoms with E-state index in [1.54, 1.807) is 18.2 Å². The number of carboxylic acid groups (broad SMARTS) is 1. The van der Waals surface area contributed by atoms with Crippen LogP contribution in [0.2, 0.25) is 0 Å². The second kappa shape index (κ2) is 19.0. The molecule has 0 bridgehead atoms. The highest BCUT2D eigenvalue weighted by Gasteiger charge is 2.63. The lowest BCUT2D eigenvalue weighted by Crippen LogP contribution is -2.59. The first-order valence-electron chi connectivity index (χ1n) is 19.8. The number of allylic oxidation sites excluding steroid dienone is 3. The van der Waals surface area contributed by atoms with E-state index in [2.05, 4.69) is 81.8 Å². The molecule has 6 unspecified atom stereocenters. The minimum atomic E-state index is -0.867. The van der Waals surface area contributed by atoms with Crippen molar-refractivity contribution in [3.8, 4) is 38.5 Å². The van der Waals surface area contributed by atoms with E-state index >= 15 is 0 Å². The van der Waals surface area contributed by atoms with E-state index in [1.807, 2.05) is 19.1 Å². The number of nitrogens with zero attached hydrogens (tertiary/aromatic N) is 2. The van der Waals surface area contributed by atoms with E-state index in [1.165, 1.54) is 56.1 Å². The van der Waals surface area contributed by atoms with Crippen LogP contribution in [-0.2, 0) is 4.79 Å². The number of carboxylic acids is 1. The van der Waals surface area contributed by atoms with E-state index < -0.39 is 5.97 Å². The summed E-state index contributed by atoms with van der Waals surface area (Å²) in [4.78, 5) is 30.3. The molecular formula is C47H66N2O4.